The summed E-state index contributed by atoms with van der Waals surface area (Å²) in [5.74, 6) is -2.06. The van der Waals surface area contributed by atoms with E-state index in [0.29, 0.717) is 19.2 Å². The Labute approximate surface area is 120 Å². The van der Waals surface area contributed by atoms with Crippen LogP contribution in [0.4, 0.5) is 13.2 Å². The van der Waals surface area contributed by atoms with E-state index in [1.165, 1.54) is 12.2 Å². The molecule has 1 aromatic rings. The van der Waals surface area contributed by atoms with Crippen molar-refractivity contribution in [3.63, 3.8) is 0 Å². The van der Waals surface area contributed by atoms with E-state index < -0.39 is 29.5 Å². The number of phenolic OH excluding ortho intramolecular Hbond substituents is 2. The van der Waals surface area contributed by atoms with Gasteiger partial charge >= 0.3 is 6.18 Å². The molecule has 7 heteroatoms. The summed E-state index contributed by atoms with van der Waals surface area (Å²) in [7, 11) is 0. The third kappa shape index (κ3) is 4.37. The minimum absolute atomic E-state index is 0.0313. The number of aromatic hydroxyl groups is 2. The van der Waals surface area contributed by atoms with Crippen LogP contribution in [0.2, 0.25) is 0 Å². The molecule has 0 saturated carbocycles. The maximum absolute atomic E-state index is 12.7. The van der Waals surface area contributed by atoms with Gasteiger partial charge in [-0.2, -0.15) is 13.2 Å². The monoisotopic (exact) mass is 305 g/mol. The van der Waals surface area contributed by atoms with Crippen molar-refractivity contribution >= 4 is 6.08 Å². The highest BCUT2D eigenvalue weighted by molar-refractivity contribution is 5.59. The summed E-state index contributed by atoms with van der Waals surface area (Å²) in [4.78, 5) is 1.68. The number of halogens is 3. The molecule has 0 radical (unpaired) electrons. The number of hydrogen-bond donors (Lipinski definition) is 3. The molecule has 0 amide bonds. The van der Waals surface area contributed by atoms with Crippen molar-refractivity contribution in [3.8, 4) is 11.5 Å². The van der Waals surface area contributed by atoms with Gasteiger partial charge in [0.25, 0.3) is 0 Å². The van der Waals surface area contributed by atoms with Gasteiger partial charge in [-0.25, -0.2) is 0 Å². The standard InChI is InChI=1S/C14H18F3NO3/c1-3-18(4-2)12(20)6-5-9-7-10(14(15,16)17)13(21)11(19)8-9/h5-8,12,19-21H,3-4H2,1-2H3/b6-5+. The number of aliphatic hydroxyl groups is 1. The second-order valence-electron chi connectivity index (χ2n) is 4.43. The van der Waals surface area contributed by atoms with E-state index in [1.807, 2.05) is 13.8 Å². The maximum Gasteiger partial charge on any atom is 0.420 e. The van der Waals surface area contributed by atoms with Crippen LogP contribution in [0.3, 0.4) is 0 Å². The van der Waals surface area contributed by atoms with Crippen LogP contribution >= 0.6 is 0 Å². The summed E-state index contributed by atoms with van der Waals surface area (Å²) in [6, 6.07) is 1.70. The average Bonchev–Trinajstić information content (AvgIpc) is 2.40. The Bertz CT molecular complexity index is 511. The topological polar surface area (TPSA) is 63.9 Å². The van der Waals surface area contributed by atoms with Gasteiger partial charge in [-0.3, -0.25) is 4.90 Å². The van der Waals surface area contributed by atoms with Crippen molar-refractivity contribution in [2.24, 2.45) is 0 Å². The first-order valence-electron chi connectivity index (χ1n) is 6.44. The van der Waals surface area contributed by atoms with Crippen molar-refractivity contribution < 1.29 is 28.5 Å². The highest BCUT2D eigenvalue weighted by Crippen LogP contribution is 2.41. The lowest BCUT2D eigenvalue weighted by molar-refractivity contribution is -0.138. The molecular formula is C14H18F3NO3. The number of benzene rings is 1. The maximum atomic E-state index is 12.7. The van der Waals surface area contributed by atoms with Crippen LogP contribution in [0.25, 0.3) is 6.08 Å². The van der Waals surface area contributed by atoms with Crippen molar-refractivity contribution in [1.29, 1.82) is 0 Å². The lowest BCUT2D eigenvalue weighted by atomic mass is 10.1. The molecule has 1 atom stereocenters. The number of likely N-dealkylation sites (N-methyl/N-ethyl adjacent to an activating group) is 1. The molecule has 0 heterocycles. The fourth-order valence-corrected chi connectivity index (χ4v) is 1.87. The van der Waals surface area contributed by atoms with Gasteiger partial charge in [-0.1, -0.05) is 19.9 Å². The molecular weight excluding hydrogens is 287 g/mol. The van der Waals surface area contributed by atoms with Crippen LogP contribution in [-0.2, 0) is 6.18 Å². The summed E-state index contributed by atoms with van der Waals surface area (Å²) in [6.45, 7) is 4.84. The third-order valence-corrected chi connectivity index (χ3v) is 3.06. The van der Waals surface area contributed by atoms with Crippen molar-refractivity contribution in [3.05, 3.63) is 29.3 Å². The molecule has 0 bridgehead atoms. The zero-order valence-electron chi connectivity index (χ0n) is 11.7. The number of hydrogen-bond acceptors (Lipinski definition) is 4. The molecule has 0 aromatic heterocycles. The van der Waals surface area contributed by atoms with E-state index >= 15 is 0 Å². The predicted molar refractivity (Wildman–Crippen MR) is 72.7 cm³/mol. The van der Waals surface area contributed by atoms with E-state index in [-0.39, 0.29) is 5.56 Å². The minimum atomic E-state index is -4.77. The molecule has 4 nitrogen and oxygen atoms in total. The first kappa shape index (κ1) is 17.3. The molecule has 0 spiro atoms. The number of rotatable bonds is 5. The Balaban J connectivity index is 3.07. The van der Waals surface area contributed by atoms with E-state index in [4.69, 9.17) is 0 Å². The molecule has 1 aromatic carbocycles. The lowest BCUT2D eigenvalue weighted by Gasteiger charge is -2.22. The van der Waals surface area contributed by atoms with Crippen LogP contribution in [0.5, 0.6) is 11.5 Å². The third-order valence-electron chi connectivity index (χ3n) is 3.06. The van der Waals surface area contributed by atoms with Crippen molar-refractivity contribution in [2.75, 3.05) is 13.1 Å². The van der Waals surface area contributed by atoms with Gasteiger partial charge in [0.15, 0.2) is 11.5 Å². The number of alkyl halides is 3. The zero-order valence-corrected chi connectivity index (χ0v) is 11.7. The van der Waals surface area contributed by atoms with Crippen molar-refractivity contribution in [2.45, 2.75) is 26.3 Å². The number of phenols is 2. The lowest BCUT2D eigenvalue weighted by Crippen LogP contribution is -2.33. The average molecular weight is 305 g/mol. The van der Waals surface area contributed by atoms with Gasteiger partial charge in [0.1, 0.15) is 11.8 Å². The molecule has 0 fully saturated rings. The largest absolute Gasteiger partial charge is 0.504 e. The van der Waals surface area contributed by atoms with Crippen LogP contribution in [-0.4, -0.2) is 39.5 Å². The SMILES string of the molecule is CCN(CC)C(O)/C=C/c1cc(O)c(O)c(C(F)(F)F)c1. The van der Waals surface area contributed by atoms with E-state index in [1.54, 1.807) is 4.90 Å². The molecule has 0 aliphatic rings. The van der Waals surface area contributed by atoms with Gasteiger partial charge in [0.2, 0.25) is 0 Å². The molecule has 21 heavy (non-hydrogen) atoms. The Morgan fingerprint density at radius 2 is 1.76 bits per heavy atom. The fraction of sp³-hybridized carbons (Fsp3) is 0.429. The van der Waals surface area contributed by atoms with Gasteiger partial charge in [0.05, 0.1) is 0 Å². The Hall–Kier alpha value is -1.73. The second-order valence-corrected chi connectivity index (χ2v) is 4.43. The summed E-state index contributed by atoms with van der Waals surface area (Å²) in [6.07, 6.45) is -3.13. The van der Waals surface area contributed by atoms with Crippen LogP contribution in [0.15, 0.2) is 18.2 Å². The van der Waals surface area contributed by atoms with Gasteiger partial charge in [-0.15, -0.1) is 0 Å². The van der Waals surface area contributed by atoms with Gasteiger partial charge in [-0.05, 0) is 36.9 Å². The molecule has 0 aliphatic heterocycles. The first-order valence-corrected chi connectivity index (χ1v) is 6.44. The minimum Gasteiger partial charge on any atom is -0.504 e. The van der Waals surface area contributed by atoms with Crippen molar-refractivity contribution in [1.82, 2.24) is 4.90 Å². The molecule has 1 rings (SSSR count). The van der Waals surface area contributed by atoms with E-state index in [9.17, 15) is 28.5 Å². The smallest absolute Gasteiger partial charge is 0.420 e. The molecule has 0 aliphatic carbocycles. The zero-order chi connectivity index (χ0) is 16.2. The van der Waals surface area contributed by atoms with Gasteiger partial charge in [0, 0.05) is 0 Å². The summed E-state index contributed by atoms with van der Waals surface area (Å²) < 4.78 is 38.1. The molecule has 0 saturated heterocycles. The van der Waals surface area contributed by atoms with Crippen LogP contribution in [0, 0.1) is 0 Å². The molecule has 118 valence electrons. The van der Waals surface area contributed by atoms with E-state index in [2.05, 4.69) is 0 Å². The van der Waals surface area contributed by atoms with Crippen LogP contribution in [0.1, 0.15) is 25.0 Å². The second kappa shape index (κ2) is 6.82. The normalized spacial score (nSPS) is 14.0. The highest BCUT2D eigenvalue weighted by Gasteiger charge is 2.35. The molecule has 1 unspecified atom stereocenters. The summed E-state index contributed by atoms with van der Waals surface area (Å²) in [5, 5.41) is 28.4. The summed E-state index contributed by atoms with van der Waals surface area (Å²) in [5.41, 5.74) is -1.29. The Morgan fingerprint density at radius 1 is 1.19 bits per heavy atom. The molecule has 3 N–H and O–H groups in total. The quantitative estimate of drug-likeness (QED) is 0.578. The Morgan fingerprint density at radius 3 is 2.24 bits per heavy atom. The van der Waals surface area contributed by atoms with Crippen LogP contribution < -0.4 is 0 Å². The summed E-state index contributed by atoms with van der Waals surface area (Å²) >= 11 is 0. The number of aliphatic hydroxyl groups excluding tert-OH is 1. The fourth-order valence-electron chi connectivity index (χ4n) is 1.87. The van der Waals surface area contributed by atoms with Gasteiger partial charge < -0.3 is 15.3 Å². The first-order chi connectivity index (χ1) is 9.70. The number of nitrogens with zero attached hydrogens (tertiary/aromatic N) is 1. The Kier molecular flexibility index (Phi) is 5.62. The highest BCUT2D eigenvalue weighted by atomic mass is 19.4. The predicted octanol–water partition coefficient (Wildman–Crippen LogP) is 2.79. The van der Waals surface area contributed by atoms with E-state index in [0.717, 1.165) is 6.07 Å².